The van der Waals surface area contributed by atoms with Gasteiger partial charge in [-0.05, 0) is 83.8 Å². The third-order valence-corrected chi connectivity index (χ3v) is 5.75. The first kappa shape index (κ1) is 21.8. The Morgan fingerprint density at radius 3 is 2.43 bits per heavy atom. The van der Waals surface area contributed by atoms with Crippen LogP contribution in [-0.2, 0) is 0 Å². The molecule has 3 rings (SSSR count). The average Bonchev–Trinajstić information content (AvgIpc) is 2.74. The smallest absolute Gasteiger partial charge is 0.165 e. The number of rotatable bonds is 4. The number of halogens is 3. The highest BCUT2D eigenvalue weighted by Gasteiger charge is 2.24. The third-order valence-electron chi connectivity index (χ3n) is 5.11. The number of benzene rings is 2. The molecular formula is C24H22BrF2NO2. The van der Waals surface area contributed by atoms with E-state index in [0.717, 1.165) is 5.57 Å². The number of allylic oxidation sites excluding steroid dienone is 5. The van der Waals surface area contributed by atoms with Crippen molar-refractivity contribution in [3.8, 4) is 11.5 Å². The zero-order valence-electron chi connectivity index (χ0n) is 16.9. The minimum atomic E-state index is -0.719. The molecule has 30 heavy (non-hydrogen) atoms. The number of nitrogens with zero attached hydrogens (tertiary/aromatic N) is 1. The Morgan fingerprint density at radius 2 is 1.73 bits per heavy atom. The molecule has 3 nitrogen and oxygen atoms in total. The number of phenolic OH excluding ortho intramolecular Hbond substituents is 2. The van der Waals surface area contributed by atoms with Crippen LogP contribution in [0.2, 0.25) is 0 Å². The molecule has 0 aliphatic carbocycles. The monoisotopic (exact) mass is 473 g/mol. The van der Waals surface area contributed by atoms with Gasteiger partial charge in [-0.3, -0.25) is 0 Å². The molecule has 0 fully saturated rings. The van der Waals surface area contributed by atoms with Crippen LogP contribution in [0.25, 0.3) is 11.3 Å². The Bertz CT molecular complexity index is 1120. The first-order valence-electron chi connectivity index (χ1n) is 9.47. The van der Waals surface area contributed by atoms with Crippen molar-refractivity contribution < 1.29 is 19.0 Å². The van der Waals surface area contributed by atoms with E-state index in [1.165, 1.54) is 24.3 Å². The van der Waals surface area contributed by atoms with E-state index in [9.17, 15) is 19.0 Å². The first-order valence-corrected chi connectivity index (χ1v) is 10.3. The van der Waals surface area contributed by atoms with Crippen molar-refractivity contribution in [2.24, 2.45) is 0 Å². The van der Waals surface area contributed by atoms with E-state index in [2.05, 4.69) is 15.9 Å². The maximum atomic E-state index is 14.7. The second kappa shape index (κ2) is 8.88. The van der Waals surface area contributed by atoms with Crippen LogP contribution in [0.1, 0.15) is 38.3 Å². The van der Waals surface area contributed by atoms with Crippen LogP contribution in [0.5, 0.6) is 11.5 Å². The Kier molecular flexibility index (Phi) is 6.46. The van der Waals surface area contributed by atoms with Crippen molar-refractivity contribution in [1.82, 2.24) is 4.90 Å². The number of hydrogen-bond donors (Lipinski definition) is 2. The van der Waals surface area contributed by atoms with Crippen LogP contribution in [0, 0.1) is 11.6 Å². The highest BCUT2D eigenvalue weighted by molar-refractivity contribution is 9.10. The maximum absolute atomic E-state index is 14.7. The maximum Gasteiger partial charge on any atom is 0.165 e. The summed E-state index contributed by atoms with van der Waals surface area (Å²) in [5.74, 6) is -1.93. The quantitative estimate of drug-likeness (QED) is 0.497. The Hall–Kier alpha value is -2.86. The molecule has 6 heteroatoms. The van der Waals surface area contributed by atoms with Gasteiger partial charge in [-0.25, -0.2) is 8.78 Å². The molecule has 0 saturated carbocycles. The Morgan fingerprint density at radius 1 is 1.00 bits per heavy atom. The van der Waals surface area contributed by atoms with Gasteiger partial charge >= 0.3 is 0 Å². The van der Waals surface area contributed by atoms with Gasteiger partial charge in [0.1, 0.15) is 11.6 Å². The van der Waals surface area contributed by atoms with Crippen LogP contribution >= 0.6 is 15.9 Å². The summed E-state index contributed by atoms with van der Waals surface area (Å²) in [6.07, 6.45) is 7.81. The van der Waals surface area contributed by atoms with E-state index in [0.29, 0.717) is 33.4 Å². The first-order chi connectivity index (χ1) is 14.3. The molecule has 0 bridgehead atoms. The minimum Gasteiger partial charge on any atom is -0.506 e. The van der Waals surface area contributed by atoms with E-state index in [-0.39, 0.29) is 11.3 Å². The van der Waals surface area contributed by atoms with Crippen LogP contribution in [0.15, 0.2) is 70.5 Å². The van der Waals surface area contributed by atoms with Crippen molar-refractivity contribution in [1.29, 1.82) is 0 Å². The van der Waals surface area contributed by atoms with Gasteiger partial charge in [-0.15, -0.1) is 0 Å². The number of aromatic hydroxyl groups is 2. The van der Waals surface area contributed by atoms with Gasteiger partial charge in [0, 0.05) is 17.5 Å². The van der Waals surface area contributed by atoms with Crippen LogP contribution in [-0.4, -0.2) is 15.1 Å². The van der Waals surface area contributed by atoms with E-state index in [1.54, 1.807) is 42.3 Å². The molecule has 2 aromatic rings. The van der Waals surface area contributed by atoms with Gasteiger partial charge in [0.05, 0.1) is 15.7 Å². The summed E-state index contributed by atoms with van der Waals surface area (Å²) in [5, 5.41) is 20.9. The summed E-state index contributed by atoms with van der Waals surface area (Å²) in [6, 6.07) is 7.09. The van der Waals surface area contributed by atoms with Gasteiger partial charge < -0.3 is 15.1 Å². The van der Waals surface area contributed by atoms with Crippen LogP contribution in [0.4, 0.5) is 8.78 Å². The fraction of sp³-hybridized carbons (Fsp3) is 0.167. The molecule has 1 aliphatic heterocycles. The molecule has 1 aliphatic rings. The predicted molar refractivity (Wildman–Crippen MR) is 119 cm³/mol. The van der Waals surface area contributed by atoms with Crippen molar-refractivity contribution >= 4 is 27.2 Å². The highest BCUT2D eigenvalue weighted by atomic mass is 79.9. The van der Waals surface area contributed by atoms with Crippen LogP contribution in [0.3, 0.4) is 0 Å². The largest absolute Gasteiger partial charge is 0.506 e. The number of phenols is 2. The summed E-state index contributed by atoms with van der Waals surface area (Å²) in [4.78, 5) is 1.78. The molecule has 156 valence electrons. The lowest BCUT2D eigenvalue weighted by molar-refractivity contribution is 0.429. The Labute approximate surface area is 183 Å². The zero-order valence-corrected chi connectivity index (χ0v) is 18.5. The lowest BCUT2D eigenvalue weighted by atomic mass is 9.98. The van der Waals surface area contributed by atoms with Crippen molar-refractivity contribution in [2.75, 3.05) is 0 Å². The summed E-state index contributed by atoms with van der Waals surface area (Å²) in [5.41, 5.74) is 2.99. The molecule has 0 amide bonds. The highest BCUT2D eigenvalue weighted by Crippen LogP contribution is 2.41. The SMILES string of the molecule is CC/C(C)=C(\c1cccc(F)c1O)N1C=CC=C/C1=C(/C)c1c(F)ccc(Br)c1O. The lowest BCUT2D eigenvalue weighted by Gasteiger charge is -2.31. The van der Waals surface area contributed by atoms with Crippen molar-refractivity contribution in [3.63, 3.8) is 0 Å². The normalized spacial score (nSPS) is 16.0. The van der Waals surface area contributed by atoms with E-state index in [4.69, 9.17) is 0 Å². The molecule has 0 radical (unpaired) electrons. The number of para-hydroxylation sites is 1. The molecule has 0 spiro atoms. The van der Waals surface area contributed by atoms with E-state index in [1.807, 2.05) is 13.8 Å². The Balaban J connectivity index is 2.28. The molecule has 2 N–H and O–H groups in total. The molecule has 0 saturated heterocycles. The fourth-order valence-corrected chi connectivity index (χ4v) is 3.74. The number of hydrogen-bond acceptors (Lipinski definition) is 3. The summed E-state index contributed by atoms with van der Waals surface area (Å²) in [7, 11) is 0. The van der Waals surface area contributed by atoms with Crippen molar-refractivity contribution in [3.05, 3.63) is 93.3 Å². The molecule has 0 atom stereocenters. The molecule has 2 aromatic carbocycles. The van der Waals surface area contributed by atoms with Gasteiger partial charge in [0.2, 0.25) is 0 Å². The molecule has 0 unspecified atom stereocenters. The second-order valence-electron chi connectivity index (χ2n) is 6.95. The molecular weight excluding hydrogens is 452 g/mol. The molecule has 0 aromatic heterocycles. The van der Waals surface area contributed by atoms with Gasteiger partial charge in [-0.2, -0.15) is 0 Å². The second-order valence-corrected chi connectivity index (χ2v) is 7.81. The average molecular weight is 474 g/mol. The standard InChI is InChI=1S/C24H22BrF2NO2/c1-4-14(2)22(16-8-7-9-19(27)23(16)29)28-13-6-5-10-20(28)15(3)21-18(26)12-11-17(25)24(21)30/h5-13,29-30H,4H2,1-3H3/b20-15+,22-14+. The predicted octanol–water partition coefficient (Wildman–Crippen LogP) is 7.10. The van der Waals surface area contributed by atoms with Gasteiger partial charge in [0.25, 0.3) is 0 Å². The van der Waals surface area contributed by atoms with E-state index >= 15 is 0 Å². The topological polar surface area (TPSA) is 43.7 Å². The van der Waals surface area contributed by atoms with Gasteiger partial charge in [0.15, 0.2) is 11.6 Å². The van der Waals surface area contributed by atoms with E-state index < -0.39 is 17.4 Å². The fourth-order valence-electron chi connectivity index (χ4n) is 3.41. The summed E-state index contributed by atoms with van der Waals surface area (Å²) < 4.78 is 29.2. The lowest BCUT2D eigenvalue weighted by Crippen LogP contribution is -2.19. The minimum absolute atomic E-state index is 0.0706. The third kappa shape index (κ3) is 3.92. The molecule has 1 heterocycles. The van der Waals surface area contributed by atoms with Crippen LogP contribution < -0.4 is 0 Å². The summed E-state index contributed by atoms with van der Waals surface area (Å²) in [6.45, 7) is 5.57. The van der Waals surface area contributed by atoms with Crippen molar-refractivity contribution in [2.45, 2.75) is 27.2 Å². The van der Waals surface area contributed by atoms with Gasteiger partial charge in [-0.1, -0.05) is 19.1 Å². The summed E-state index contributed by atoms with van der Waals surface area (Å²) >= 11 is 3.24. The zero-order chi connectivity index (χ0) is 22.0.